The quantitative estimate of drug-likeness (QED) is 0.382. The van der Waals surface area contributed by atoms with E-state index in [9.17, 15) is 0 Å². The van der Waals surface area contributed by atoms with Crippen molar-refractivity contribution in [3.63, 3.8) is 0 Å². The molecule has 0 bridgehead atoms. The van der Waals surface area contributed by atoms with Crippen LogP contribution in [0.5, 0.6) is 6.01 Å². The van der Waals surface area contributed by atoms with Crippen LogP contribution in [0, 0.1) is 0 Å². The van der Waals surface area contributed by atoms with Gasteiger partial charge in [0.2, 0.25) is 11.9 Å². The number of hydrogen-bond donors (Lipinski definition) is 3. The Morgan fingerprint density at radius 3 is 2.61 bits per heavy atom. The third-order valence-electron chi connectivity index (χ3n) is 2.13. The Bertz CT molecular complexity index is 342. The molecule has 102 valence electrons. The minimum Gasteiger partial charge on any atom is -0.467 e. The minimum absolute atomic E-state index is 0.0247. The van der Waals surface area contributed by atoms with Gasteiger partial charge in [0.25, 0.3) is 0 Å². The van der Waals surface area contributed by atoms with Crippen molar-refractivity contribution in [1.29, 1.82) is 0 Å². The monoisotopic (exact) mass is 258 g/mol. The molecular formula is C9H18N6O3. The molecule has 0 aliphatic carbocycles. The van der Waals surface area contributed by atoms with Crippen LogP contribution in [0.15, 0.2) is 0 Å². The SMILES string of the molecule is COCCN(CCO)c1nc(NN)nc(OC)n1. The third kappa shape index (κ3) is 3.95. The Kier molecular flexibility index (Phi) is 6.05. The van der Waals surface area contributed by atoms with Gasteiger partial charge in [-0.15, -0.1) is 0 Å². The van der Waals surface area contributed by atoms with Gasteiger partial charge in [0.1, 0.15) is 0 Å². The van der Waals surface area contributed by atoms with Gasteiger partial charge in [-0.05, 0) is 0 Å². The molecular weight excluding hydrogens is 240 g/mol. The van der Waals surface area contributed by atoms with Gasteiger partial charge in [-0.2, -0.15) is 15.0 Å². The summed E-state index contributed by atoms with van der Waals surface area (Å²) in [5.41, 5.74) is 2.33. The van der Waals surface area contributed by atoms with E-state index in [0.29, 0.717) is 25.6 Å². The first kappa shape index (κ1) is 14.4. The van der Waals surface area contributed by atoms with Gasteiger partial charge in [-0.3, -0.25) is 5.43 Å². The topological polar surface area (TPSA) is 119 Å². The highest BCUT2D eigenvalue weighted by Crippen LogP contribution is 2.13. The second-order valence-corrected chi connectivity index (χ2v) is 3.29. The maximum Gasteiger partial charge on any atom is 0.322 e. The second-order valence-electron chi connectivity index (χ2n) is 3.29. The zero-order valence-corrected chi connectivity index (χ0v) is 10.5. The third-order valence-corrected chi connectivity index (χ3v) is 2.13. The van der Waals surface area contributed by atoms with E-state index in [1.54, 1.807) is 12.0 Å². The molecule has 0 radical (unpaired) electrons. The summed E-state index contributed by atoms with van der Waals surface area (Å²) in [7, 11) is 3.04. The number of aromatic nitrogens is 3. The number of aliphatic hydroxyl groups excluding tert-OH is 1. The van der Waals surface area contributed by atoms with Gasteiger partial charge in [0, 0.05) is 20.2 Å². The highest BCUT2D eigenvalue weighted by molar-refractivity contribution is 5.37. The lowest BCUT2D eigenvalue weighted by atomic mass is 10.5. The van der Waals surface area contributed by atoms with Crippen LogP contribution >= 0.6 is 0 Å². The number of nitrogen functional groups attached to an aromatic ring is 1. The summed E-state index contributed by atoms with van der Waals surface area (Å²) in [6.45, 7) is 1.37. The Morgan fingerprint density at radius 1 is 1.28 bits per heavy atom. The summed E-state index contributed by atoms with van der Waals surface area (Å²) in [4.78, 5) is 13.8. The summed E-state index contributed by atoms with van der Waals surface area (Å²) < 4.78 is 9.94. The lowest BCUT2D eigenvalue weighted by molar-refractivity contribution is 0.202. The van der Waals surface area contributed by atoms with E-state index in [1.807, 2.05) is 0 Å². The van der Waals surface area contributed by atoms with Crippen LogP contribution in [-0.4, -0.2) is 60.6 Å². The van der Waals surface area contributed by atoms with Gasteiger partial charge in [-0.1, -0.05) is 0 Å². The molecule has 9 heteroatoms. The van der Waals surface area contributed by atoms with Crippen LogP contribution in [0.25, 0.3) is 0 Å². The summed E-state index contributed by atoms with van der Waals surface area (Å²) in [6.07, 6.45) is 0. The van der Waals surface area contributed by atoms with E-state index in [-0.39, 0.29) is 18.6 Å². The molecule has 1 aromatic heterocycles. The lowest BCUT2D eigenvalue weighted by Crippen LogP contribution is -2.32. The molecule has 18 heavy (non-hydrogen) atoms. The molecule has 0 aliphatic rings. The average Bonchev–Trinajstić information content (AvgIpc) is 2.42. The van der Waals surface area contributed by atoms with E-state index in [2.05, 4.69) is 20.4 Å². The molecule has 0 amide bonds. The van der Waals surface area contributed by atoms with Gasteiger partial charge in [0.15, 0.2) is 0 Å². The zero-order valence-electron chi connectivity index (χ0n) is 10.5. The number of nitrogens with one attached hydrogen (secondary N) is 1. The zero-order chi connectivity index (χ0) is 13.4. The number of anilines is 2. The van der Waals surface area contributed by atoms with Crippen molar-refractivity contribution < 1.29 is 14.6 Å². The molecule has 0 aromatic carbocycles. The number of methoxy groups -OCH3 is 2. The van der Waals surface area contributed by atoms with Gasteiger partial charge >= 0.3 is 6.01 Å². The number of ether oxygens (including phenoxy) is 2. The van der Waals surface area contributed by atoms with E-state index in [4.69, 9.17) is 20.4 Å². The predicted molar refractivity (Wildman–Crippen MR) is 65.4 cm³/mol. The molecule has 1 aromatic rings. The van der Waals surface area contributed by atoms with Crippen molar-refractivity contribution in [3.05, 3.63) is 0 Å². The molecule has 1 rings (SSSR count). The number of hydrogen-bond acceptors (Lipinski definition) is 9. The van der Waals surface area contributed by atoms with Crippen molar-refractivity contribution in [1.82, 2.24) is 15.0 Å². The molecule has 0 aliphatic heterocycles. The molecule has 0 saturated carbocycles. The summed E-state index contributed by atoms with van der Waals surface area (Å²) in [5, 5.41) is 9.03. The van der Waals surface area contributed by atoms with E-state index in [1.165, 1.54) is 7.11 Å². The molecule has 1 heterocycles. The number of aliphatic hydroxyl groups is 1. The minimum atomic E-state index is -0.0247. The Labute approximate surface area is 105 Å². The Morgan fingerprint density at radius 2 is 2.06 bits per heavy atom. The molecule has 0 unspecified atom stereocenters. The van der Waals surface area contributed by atoms with Crippen LogP contribution in [0.4, 0.5) is 11.9 Å². The molecule has 4 N–H and O–H groups in total. The van der Waals surface area contributed by atoms with Crippen LogP contribution in [0.2, 0.25) is 0 Å². The summed E-state index contributed by atoms with van der Waals surface area (Å²) in [5.74, 6) is 5.82. The van der Waals surface area contributed by atoms with Crippen LogP contribution < -0.4 is 20.9 Å². The highest BCUT2D eigenvalue weighted by Gasteiger charge is 2.13. The van der Waals surface area contributed by atoms with Crippen LogP contribution in [0.3, 0.4) is 0 Å². The van der Waals surface area contributed by atoms with E-state index >= 15 is 0 Å². The first-order valence-corrected chi connectivity index (χ1v) is 5.36. The van der Waals surface area contributed by atoms with Crippen molar-refractivity contribution in [2.75, 3.05) is 50.8 Å². The van der Waals surface area contributed by atoms with Gasteiger partial charge in [0.05, 0.1) is 20.3 Å². The average molecular weight is 258 g/mol. The Balaban J connectivity index is 2.93. The summed E-state index contributed by atoms with van der Waals surface area (Å²) >= 11 is 0. The van der Waals surface area contributed by atoms with Gasteiger partial charge in [-0.25, -0.2) is 5.84 Å². The molecule has 0 spiro atoms. The predicted octanol–water partition coefficient (Wildman–Crippen LogP) is -1.39. The maximum atomic E-state index is 9.03. The second kappa shape index (κ2) is 7.58. The Hall–Kier alpha value is -1.71. The van der Waals surface area contributed by atoms with Crippen LogP contribution in [-0.2, 0) is 4.74 Å². The molecule has 9 nitrogen and oxygen atoms in total. The van der Waals surface area contributed by atoms with E-state index < -0.39 is 0 Å². The fourth-order valence-corrected chi connectivity index (χ4v) is 1.28. The van der Waals surface area contributed by atoms with Crippen molar-refractivity contribution in [3.8, 4) is 6.01 Å². The number of nitrogens with two attached hydrogens (primary N) is 1. The molecule has 0 saturated heterocycles. The summed E-state index contributed by atoms with van der Waals surface area (Å²) in [6, 6.07) is 0.147. The molecule has 0 fully saturated rings. The first-order valence-electron chi connectivity index (χ1n) is 5.36. The number of nitrogens with zero attached hydrogens (tertiary/aromatic N) is 4. The van der Waals surface area contributed by atoms with Crippen molar-refractivity contribution in [2.24, 2.45) is 5.84 Å². The van der Waals surface area contributed by atoms with Gasteiger partial charge < -0.3 is 19.5 Å². The fourth-order valence-electron chi connectivity index (χ4n) is 1.28. The lowest BCUT2D eigenvalue weighted by Gasteiger charge is -2.21. The molecule has 0 atom stereocenters. The maximum absolute atomic E-state index is 9.03. The fraction of sp³-hybridized carbons (Fsp3) is 0.667. The largest absolute Gasteiger partial charge is 0.467 e. The number of rotatable bonds is 8. The number of hydrazine groups is 1. The van der Waals surface area contributed by atoms with Crippen molar-refractivity contribution in [2.45, 2.75) is 0 Å². The van der Waals surface area contributed by atoms with E-state index in [0.717, 1.165) is 0 Å². The highest BCUT2D eigenvalue weighted by atomic mass is 16.5. The normalized spacial score (nSPS) is 10.2. The first-order chi connectivity index (χ1) is 8.74. The van der Waals surface area contributed by atoms with Crippen molar-refractivity contribution >= 4 is 11.9 Å². The smallest absolute Gasteiger partial charge is 0.322 e. The van der Waals surface area contributed by atoms with Crippen LogP contribution in [0.1, 0.15) is 0 Å². The standard InChI is InChI=1S/C9H18N6O3/c1-17-6-4-15(3-5-16)8-11-7(14-10)12-9(13-8)18-2/h16H,3-6,10H2,1-2H3,(H,11,12,13,14).